The molecule has 5 atom stereocenters. The van der Waals surface area contributed by atoms with E-state index in [1.807, 2.05) is 6.92 Å². The van der Waals surface area contributed by atoms with E-state index >= 15 is 0 Å². The van der Waals surface area contributed by atoms with Crippen LogP contribution in [-0.4, -0.2) is 94.1 Å². The van der Waals surface area contributed by atoms with Crippen LogP contribution in [0.1, 0.15) is 39.0 Å². The van der Waals surface area contributed by atoms with Crippen molar-refractivity contribution in [2.75, 3.05) is 42.3 Å². The first kappa shape index (κ1) is 26.8. The molecule has 5 heterocycles. The zero-order chi connectivity index (χ0) is 27.4. The lowest BCUT2D eigenvalue weighted by Gasteiger charge is -2.39. The molecule has 3 saturated heterocycles. The van der Waals surface area contributed by atoms with Gasteiger partial charge in [0.25, 0.3) is 0 Å². The second-order valence-corrected chi connectivity index (χ2v) is 10.0. The Balaban J connectivity index is 1.17. The van der Waals surface area contributed by atoms with Crippen LogP contribution < -0.4 is 25.6 Å². The van der Waals surface area contributed by atoms with Gasteiger partial charge >= 0.3 is 12.1 Å². The molecule has 3 aliphatic heterocycles. The lowest BCUT2D eigenvalue weighted by atomic mass is 10.0. The van der Waals surface area contributed by atoms with E-state index in [1.165, 1.54) is 30.5 Å². The number of nitrogens with one attached hydrogen (secondary N) is 3. The van der Waals surface area contributed by atoms with Crippen LogP contribution in [0, 0.1) is 0 Å². The van der Waals surface area contributed by atoms with E-state index in [9.17, 15) is 14.0 Å². The van der Waals surface area contributed by atoms with Crippen LogP contribution in [0.5, 0.6) is 5.88 Å². The molecule has 2 bridgehead atoms. The van der Waals surface area contributed by atoms with E-state index < -0.39 is 24.3 Å². The van der Waals surface area contributed by atoms with Crippen molar-refractivity contribution < 1.29 is 23.5 Å². The smallest absolute Gasteiger partial charge is 0.413 e. The van der Waals surface area contributed by atoms with E-state index in [2.05, 4.69) is 35.9 Å². The molecule has 3 N–H and O–H groups in total. The molecule has 3 fully saturated rings. The molecule has 3 aliphatic rings. The molecule has 0 aliphatic carbocycles. The molecule has 2 aromatic rings. The number of amides is 3. The number of carbonyl (C=O) groups is 2. The average molecular weight is 544 g/mol. The molecule has 2 aromatic heterocycles. The first-order chi connectivity index (χ1) is 18.9. The van der Waals surface area contributed by atoms with Crippen molar-refractivity contribution in [3.8, 4) is 5.88 Å². The molecule has 39 heavy (non-hydrogen) atoms. The Morgan fingerprint density at radius 1 is 1.13 bits per heavy atom. The van der Waals surface area contributed by atoms with Gasteiger partial charge in [0, 0.05) is 38.4 Å². The zero-order valence-electron chi connectivity index (χ0n) is 22.0. The van der Waals surface area contributed by atoms with Crippen molar-refractivity contribution in [2.24, 2.45) is 0 Å². The number of fused-ring (bicyclic) bond motifs is 2. The summed E-state index contributed by atoms with van der Waals surface area (Å²) in [6.07, 6.45) is 6.44. The van der Waals surface area contributed by atoms with Gasteiger partial charge in [-0.25, -0.2) is 28.9 Å². The number of halogens is 1. The number of alkyl halides is 1. The minimum absolute atomic E-state index is 0.121. The summed E-state index contributed by atoms with van der Waals surface area (Å²) in [7, 11) is 1.53. The Bertz CT molecular complexity index is 1140. The summed E-state index contributed by atoms with van der Waals surface area (Å²) in [6.45, 7) is 2.82. The van der Waals surface area contributed by atoms with Crippen molar-refractivity contribution in [3.05, 3.63) is 24.7 Å². The molecule has 0 saturated carbocycles. The summed E-state index contributed by atoms with van der Waals surface area (Å²) in [5, 5.41) is 8.85. The van der Waals surface area contributed by atoms with E-state index in [0.717, 1.165) is 25.7 Å². The maximum atomic E-state index is 14.9. The van der Waals surface area contributed by atoms with Crippen molar-refractivity contribution in [2.45, 2.75) is 69.4 Å². The fourth-order valence-corrected chi connectivity index (χ4v) is 5.36. The SMILES string of the molecule is CCOc1cnc(NC(=O)N(C)[C@H]2CN(c3nccc(NC(=O)OC4C[C@H]5CC[C@@H](C4)N5)n3)CC[C@H]2F)cn1. The minimum Gasteiger partial charge on any atom is -0.477 e. The minimum atomic E-state index is -1.24. The highest BCUT2D eigenvalue weighted by Gasteiger charge is 2.36. The Labute approximate surface area is 225 Å². The summed E-state index contributed by atoms with van der Waals surface area (Å²) in [5.74, 6) is 1.19. The fraction of sp³-hybridized carbons (Fsp3) is 0.600. The summed E-state index contributed by atoms with van der Waals surface area (Å²) in [6, 6.07) is 1.12. The number of hydrogen-bond donors (Lipinski definition) is 3. The normalized spacial score (nSPS) is 26.0. The third-order valence-corrected chi connectivity index (χ3v) is 7.33. The van der Waals surface area contributed by atoms with Gasteiger partial charge in [-0.3, -0.25) is 10.6 Å². The predicted octanol–water partition coefficient (Wildman–Crippen LogP) is 2.58. The Kier molecular flexibility index (Phi) is 8.19. The molecular formula is C25H34FN9O4. The monoisotopic (exact) mass is 543 g/mol. The Morgan fingerprint density at radius 2 is 1.92 bits per heavy atom. The quantitative estimate of drug-likeness (QED) is 0.476. The maximum absolute atomic E-state index is 14.9. The molecule has 1 unspecified atom stereocenters. The van der Waals surface area contributed by atoms with Gasteiger partial charge in [-0.1, -0.05) is 0 Å². The van der Waals surface area contributed by atoms with Crippen molar-refractivity contribution in [1.29, 1.82) is 0 Å². The molecule has 0 radical (unpaired) electrons. The first-order valence-corrected chi connectivity index (χ1v) is 13.3. The number of carbonyl (C=O) groups excluding carboxylic acids is 2. The van der Waals surface area contributed by atoms with Crippen molar-refractivity contribution >= 4 is 29.7 Å². The zero-order valence-corrected chi connectivity index (χ0v) is 22.0. The third-order valence-electron chi connectivity index (χ3n) is 7.33. The lowest BCUT2D eigenvalue weighted by molar-refractivity contribution is 0.0773. The number of ether oxygens (including phenoxy) is 2. The highest BCUT2D eigenvalue weighted by Crippen LogP contribution is 2.29. The van der Waals surface area contributed by atoms with Crippen LogP contribution in [0.15, 0.2) is 24.7 Å². The Hall–Kier alpha value is -3.81. The van der Waals surface area contributed by atoms with Gasteiger partial charge in [-0.2, -0.15) is 4.98 Å². The van der Waals surface area contributed by atoms with Crippen LogP contribution >= 0.6 is 0 Å². The van der Waals surface area contributed by atoms with Gasteiger partial charge in [0.15, 0.2) is 5.82 Å². The van der Waals surface area contributed by atoms with E-state index in [-0.39, 0.29) is 24.9 Å². The summed E-state index contributed by atoms with van der Waals surface area (Å²) in [5.41, 5.74) is 0. The third kappa shape index (κ3) is 6.61. The standard InChI is InChI=1S/C25H34FN9O4/c1-3-38-22-13-28-21(12-29-22)32-24(36)34(2)19-14-35(9-7-18(19)26)23-27-8-6-20(31-23)33-25(37)39-17-10-15-4-5-16(11-17)30-15/h6,8,12-13,15-19,30H,3-5,7,9-11,14H2,1-2H3,(H,28,32,36)(H,27,31,33,37)/t15-,16+,17?,18-,19+/m1/s1. The lowest BCUT2D eigenvalue weighted by Crippen LogP contribution is -2.55. The van der Waals surface area contributed by atoms with E-state index in [0.29, 0.717) is 42.9 Å². The summed E-state index contributed by atoms with van der Waals surface area (Å²) in [4.78, 5) is 45.4. The molecule has 0 spiro atoms. The topological polar surface area (TPSA) is 147 Å². The van der Waals surface area contributed by atoms with Gasteiger partial charge in [-0.05, 0) is 45.1 Å². The second-order valence-electron chi connectivity index (χ2n) is 10.0. The summed E-state index contributed by atoms with van der Waals surface area (Å²) >= 11 is 0. The number of aromatic nitrogens is 4. The van der Waals surface area contributed by atoms with Gasteiger partial charge in [-0.15, -0.1) is 0 Å². The number of anilines is 3. The van der Waals surface area contributed by atoms with Crippen LogP contribution in [0.2, 0.25) is 0 Å². The van der Waals surface area contributed by atoms with Crippen LogP contribution in [0.25, 0.3) is 0 Å². The van der Waals surface area contributed by atoms with Crippen LogP contribution in [-0.2, 0) is 4.74 Å². The molecule has 210 valence electrons. The largest absolute Gasteiger partial charge is 0.477 e. The number of nitrogens with zero attached hydrogens (tertiary/aromatic N) is 6. The summed E-state index contributed by atoms with van der Waals surface area (Å²) < 4.78 is 25.8. The van der Waals surface area contributed by atoms with Gasteiger partial charge in [0.2, 0.25) is 11.8 Å². The fourth-order valence-electron chi connectivity index (χ4n) is 5.36. The second kappa shape index (κ2) is 11.9. The van der Waals surface area contributed by atoms with Crippen molar-refractivity contribution in [1.82, 2.24) is 30.2 Å². The van der Waals surface area contributed by atoms with Gasteiger partial charge < -0.3 is 24.6 Å². The highest BCUT2D eigenvalue weighted by molar-refractivity contribution is 5.88. The molecule has 14 heteroatoms. The molecule has 0 aromatic carbocycles. The number of piperidine rings is 2. The number of urea groups is 1. The Morgan fingerprint density at radius 3 is 2.64 bits per heavy atom. The maximum Gasteiger partial charge on any atom is 0.413 e. The average Bonchev–Trinajstić information content (AvgIpc) is 3.27. The van der Waals surface area contributed by atoms with Crippen LogP contribution in [0.3, 0.4) is 0 Å². The molecule has 3 amide bonds. The molecular weight excluding hydrogens is 509 g/mol. The van der Waals surface area contributed by atoms with Crippen molar-refractivity contribution in [3.63, 3.8) is 0 Å². The van der Waals surface area contributed by atoms with Gasteiger partial charge in [0.1, 0.15) is 18.1 Å². The van der Waals surface area contributed by atoms with Crippen LogP contribution in [0.4, 0.5) is 31.6 Å². The first-order valence-electron chi connectivity index (χ1n) is 13.3. The van der Waals surface area contributed by atoms with E-state index in [1.54, 1.807) is 11.0 Å². The predicted molar refractivity (Wildman–Crippen MR) is 141 cm³/mol. The number of likely N-dealkylation sites (N-methyl/N-ethyl adjacent to an activating group) is 1. The molecule has 13 nitrogen and oxygen atoms in total. The van der Waals surface area contributed by atoms with Gasteiger partial charge in [0.05, 0.1) is 25.0 Å². The number of rotatable bonds is 7. The number of hydrogen-bond acceptors (Lipinski definition) is 10. The molecule has 5 rings (SSSR count). The van der Waals surface area contributed by atoms with E-state index in [4.69, 9.17) is 9.47 Å². The highest BCUT2D eigenvalue weighted by atomic mass is 19.1.